The highest BCUT2D eigenvalue weighted by molar-refractivity contribution is 5.95. The average molecular weight is 210 g/mol. The zero-order valence-electron chi connectivity index (χ0n) is 7.97. The normalized spacial score (nSPS) is 24.5. The number of carbonyl (C=O) groups is 1. The monoisotopic (exact) mass is 210 g/mol. The summed E-state index contributed by atoms with van der Waals surface area (Å²) in [5.41, 5.74) is 0.106. The number of cyclic esters (lactones) is 1. The van der Waals surface area contributed by atoms with Gasteiger partial charge in [0.1, 0.15) is 29.3 Å². The van der Waals surface area contributed by atoms with Crippen molar-refractivity contribution in [1.29, 1.82) is 0 Å². The van der Waals surface area contributed by atoms with Crippen molar-refractivity contribution in [2.45, 2.75) is 19.1 Å². The molecule has 1 aliphatic rings. The quantitative estimate of drug-likeness (QED) is 0.548. The van der Waals surface area contributed by atoms with E-state index in [1.165, 1.54) is 13.0 Å². The molecule has 0 aliphatic carbocycles. The van der Waals surface area contributed by atoms with Crippen LogP contribution in [-0.4, -0.2) is 27.4 Å². The van der Waals surface area contributed by atoms with E-state index in [2.05, 4.69) is 0 Å². The molecule has 1 aliphatic heterocycles. The average Bonchev–Trinajstić information content (AvgIpc) is 2.12. The Hall–Kier alpha value is -1.75. The van der Waals surface area contributed by atoms with Crippen LogP contribution in [0.3, 0.4) is 0 Å². The number of benzene rings is 1. The van der Waals surface area contributed by atoms with Gasteiger partial charge in [0.25, 0.3) is 0 Å². The molecule has 1 aromatic carbocycles. The molecular formula is C10H10O5. The van der Waals surface area contributed by atoms with Gasteiger partial charge in [-0.2, -0.15) is 0 Å². The number of ether oxygens (including phenoxy) is 1. The molecule has 80 valence electrons. The van der Waals surface area contributed by atoms with Crippen molar-refractivity contribution in [3.63, 3.8) is 0 Å². The van der Waals surface area contributed by atoms with Gasteiger partial charge in [0.2, 0.25) is 0 Å². The number of esters is 1. The molecule has 0 radical (unpaired) electrons. The first-order valence-electron chi connectivity index (χ1n) is 4.45. The third-order valence-corrected chi connectivity index (χ3v) is 2.39. The van der Waals surface area contributed by atoms with Gasteiger partial charge in [0.15, 0.2) is 0 Å². The van der Waals surface area contributed by atoms with Gasteiger partial charge < -0.3 is 20.1 Å². The Morgan fingerprint density at radius 1 is 1.33 bits per heavy atom. The van der Waals surface area contributed by atoms with Crippen LogP contribution in [0.4, 0.5) is 0 Å². The van der Waals surface area contributed by atoms with Crippen molar-refractivity contribution in [2.75, 3.05) is 0 Å². The molecule has 0 saturated carbocycles. The molecule has 2 rings (SSSR count). The number of phenolic OH excluding ortho intramolecular Hbond substituents is 2. The van der Waals surface area contributed by atoms with Gasteiger partial charge in [0, 0.05) is 11.6 Å². The van der Waals surface area contributed by atoms with Crippen LogP contribution < -0.4 is 0 Å². The maximum absolute atomic E-state index is 11.4. The molecule has 1 aromatic rings. The second kappa shape index (κ2) is 3.13. The van der Waals surface area contributed by atoms with Crippen molar-refractivity contribution in [3.8, 4) is 11.5 Å². The van der Waals surface area contributed by atoms with Gasteiger partial charge in [-0.3, -0.25) is 0 Å². The van der Waals surface area contributed by atoms with Crippen molar-refractivity contribution >= 4 is 5.97 Å². The van der Waals surface area contributed by atoms with E-state index in [0.717, 1.165) is 6.07 Å². The van der Waals surface area contributed by atoms with E-state index >= 15 is 0 Å². The van der Waals surface area contributed by atoms with Crippen LogP contribution in [0.5, 0.6) is 11.5 Å². The van der Waals surface area contributed by atoms with Crippen molar-refractivity contribution < 1.29 is 24.9 Å². The molecule has 5 heteroatoms. The Kier molecular flexibility index (Phi) is 2.04. The van der Waals surface area contributed by atoms with E-state index in [1.54, 1.807) is 0 Å². The summed E-state index contributed by atoms with van der Waals surface area (Å²) in [7, 11) is 0. The van der Waals surface area contributed by atoms with Crippen molar-refractivity contribution in [2.24, 2.45) is 0 Å². The second-order valence-corrected chi connectivity index (χ2v) is 3.48. The largest absolute Gasteiger partial charge is 0.508 e. The van der Waals surface area contributed by atoms with Gasteiger partial charge in [-0.25, -0.2) is 4.79 Å². The fourth-order valence-electron chi connectivity index (χ4n) is 1.63. The standard InChI is InChI=1S/C10H10O5/c1-4-9(13)6-2-5(11)3-7(12)8(6)10(14)15-4/h2-4,9,11-13H,1H3/t4-,9-/m1/s1. The molecule has 3 N–H and O–H groups in total. The SMILES string of the molecule is C[C@H]1OC(=O)c2c(O)cc(O)cc2[C@@H]1O. The van der Waals surface area contributed by atoms with Crippen molar-refractivity contribution in [3.05, 3.63) is 23.3 Å². The van der Waals surface area contributed by atoms with Crippen molar-refractivity contribution in [1.82, 2.24) is 0 Å². The van der Waals surface area contributed by atoms with E-state index < -0.39 is 18.2 Å². The van der Waals surface area contributed by atoms with Crippen LogP contribution in [-0.2, 0) is 4.74 Å². The van der Waals surface area contributed by atoms with E-state index in [-0.39, 0.29) is 22.6 Å². The number of carbonyl (C=O) groups excluding carboxylic acids is 1. The van der Waals surface area contributed by atoms with Crippen LogP contribution >= 0.6 is 0 Å². The minimum atomic E-state index is -1.03. The van der Waals surface area contributed by atoms with Gasteiger partial charge in [-0.05, 0) is 13.0 Å². The summed E-state index contributed by atoms with van der Waals surface area (Å²) < 4.78 is 4.82. The van der Waals surface area contributed by atoms with E-state index in [4.69, 9.17) is 4.74 Å². The molecule has 0 spiro atoms. The van der Waals surface area contributed by atoms with Gasteiger partial charge >= 0.3 is 5.97 Å². The van der Waals surface area contributed by atoms with Gasteiger partial charge in [-0.1, -0.05) is 0 Å². The third-order valence-electron chi connectivity index (χ3n) is 2.39. The van der Waals surface area contributed by atoms with E-state index in [9.17, 15) is 20.1 Å². The Bertz CT molecular complexity index is 426. The fourth-order valence-corrected chi connectivity index (χ4v) is 1.63. The number of hydrogen-bond donors (Lipinski definition) is 3. The molecule has 0 unspecified atom stereocenters. The maximum Gasteiger partial charge on any atom is 0.342 e. The van der Waals surface area contributed by atoms with Crippen LogP contribution in [0.1, 0.15) is 28.9 Å². The predicted molar refractivity (Wildman–Crippen MR) is 49.6 cm³/mol. The maximum atomic E-state index is 11.4. The molecule has 0 aromatic heterocycles. The summed E-state index contributed by atoms with van der Waals surface area (Å²) in [6, 6.07) is 2.28. The van der Waals surface area contributed by atoms with Gasteiger partial charge in [-0.15, -0.1) is 0 Å². The Morgan fingerprint density at radius 3 is 2.67 bits per heavy atom. The summed E-state index contributed by atoms with van der Waals surface area (Å²) in [6.45, 7) is 1.53. The lowest BCUT2D eigenvalue weighted by molar-refractivity contribution is -0.0217. The summed E-state index contributed by atoms with van der Waals surface area (Å²) in [5, 5.41) is 28.4. The third kappa shape index (κ3) is 1.41. The Labute approximate surface area is 85.5 Å². The summed E-state index contributed by atoms with van der Waals surface area (Å²) in [5.74, 6) is -1.28. The van der Waals surface area contributed by atoms with Crippen LogP contribution in [0.15, 0.2) is 12.1 Å². The molecular weight excluding hydrogens is 200 g/mol. The smallest absolute Gasteiger partial charge is 0.342 e. The number of rotatable bonds is 0. The first-order valence-corrected chi connectivity index (χ1v) is 4.45. The van der Waals surface area contributed by atoms with Crippen LogP contribution in [0.2, 0.25) is 0 Å². The molecule has 0 fully saturated rings. The number of fused-ring (bicyclic) bond motifs is 1. The molecule has 0 bridgehead atoms. The Morgan fingerprint density at radius 2 is 2.00 bits per heavy atom. The second-order valence-electron chi connectivity index (χ2n) is 3.48. The number of phenols is 2. The first-order chi connectivity index (χ1) is 7.00. The highest BCUT2D eigenvalue weighted by atomic mass is 16.6. The summed E-state index contributed by atoms with van der Waals surface area (Å²) in [6.07, 6.45) is -1.72. The zero-order valence-corrected chi connectivity index (χ0v) is 7.97. The minimum Gasteiger partial charge on any atom is -0.508 e. The first kappa shape index (κ1) is 9.79. The van der Waals surface area contributed by atoms with E-state index in [0.29, 0.717) is 0 Å². The van der Waals surface area contributed by atoms with Crippen LogP contribution in [0, 0.1) is 0 Å². The number of hydrogen-bond acceptors (Lipinski definition) is 5. The lowest BCUT2D eigenvalue weighted by atomic mass is 9.95. The predicted octanol–water partition coefficient (Wildman–Crippen LogP) is 0.690. The molecule has 5 nitrogen and oxygen atoms in total. The fraction of sp³-hybridized carbons (Fsp3) is 0.300. The molecule has 2 atom stereocenters. The molecule has 15 heavy (non-hydrogen) atoms. The van der Waals surface area contributed by atoms with E-state index in [1.807, 2.05) is 0 Å². The zero-order chi connectivity index (χ0) is 11.2. The van der Waals surface area contributed by atoms with Crippen LogP contribution in [0.25, 0.3) is 0 Å². The minimum absolute atomic E-state index is 0.0848. The highest BCUT2D eigenvalue weighted by Gasteiger charge is 2.34. The summed E-state index contributed by atoms with van der Waals surface area (Å²) >= 11 is 0. The topological polar surface area (TPSA) is 87.0 Å². The number of aliphatic hydroxyl groups is 1. The number of aromatic hydroxyl groups is 2. The lowest BCUT2D eigenvalue weighted by Crippen LogP contribution is -2.29. The molecule has 0 saturated heterocycles. The molecule has 1 heterocycles. The Balaban J connectivity index is 2.65. The highest BCUT2D eigenvalue weighted by Crippen LogP contribution is 2.37. The van der Waals surface area contributed by atoms with Gasteiger partial charge in [0.05, 0.1) is 0 Å². The molecule has 0 amide bonds. The summed E-state index contributed by atoms with van der Waals surface area (Å²) in [4.78, 5) is 11.4. The number of aliphatic hydroxyl groups excluding tert-OH is 1. The lowest BCUT2D eigenvalue weighted by Gasteiger charge is -2.27.